The van der Waals surface area contributed by atoms with Gasteiger partial charge in [-0.25, -0.2) is 4.68 Å². The second-order valence-electron chi connectivity index (χ2n) is 8.42. The highest BCUT2D eigenvalue weighted by Gasteiger charge is 2.35. The molecule has 38 heavy (non-hydrogen) atoms. The van der Waals surface area contributed by atoms with Crippen LogP contribution in [0.15, 0.2) is 83.4 Å². The number of hydrogen-bond acceptors (Lipinski definition) is 8. The summed E-state index contributed by atoms with van der Waals surface area (Å²) in [5.74, 6) is 1.98. The van der Waals surface area contributed by atoms with Crippen LogP contribution in [0.3, 0.4) is 0 Å². The van der Waals surface area contributed by atoms with Gasteiger partial charge in [0.15, 0.2) is 11.5 Å². The Morgan fingerprint density at radius 3 is 2.68 bits per heavy atom. The molecule has 2 N–H and O–H groups in total. The Hall–Kier alpha value is -4.02. The fraction of sp³-hybridized carbons (Fsp3) is 0.185. The van der Waals surface area contributed by atoms with E-state index in [2.05, 4.69) is 15.6 Å². The van der Waals surface area contributed by atoms with Crippen molar-refractivity contribution in [1.29, 1.82) is 0 Å². The van der Waals surface area contributed by atoms with Crippen LogP contribution in [-0.4, -0.2) is 39.9 Å². The number of methoxy groups -OCH3 is 2. The van der Waals surface area contributed by atoms with Gasteiger partial charge in [-0.05, 0) is 48.4 Å². The lowest BCUT2D eigenvalue weighted by Gasteiger charge is -2.29. The van der Waals surface area contributed by atoms with E-state index in [9.17, 15) is 4.79 Å². The Morgan fingerprint density at radius 1 is 1.13 bits per heavy atom. The second kappa shape index (κ2) is 11.2. The standard InChI is InChI=1S/C27H25ClN6O3S/c1-16-23(25(35)31-19-8-6-12-29-14-19)24(17-10-11-21(36-2)22(13-17)37-3)34-26(30-16)32-27(33-34)38-15-18-7-4-5-9-20(18)28/h4-14,24H,15H2,1-3H3,(H,31,35)(H,30,32,33)/t24-/m0/s1. The SMILES string of the molecule is COc1ccc([C@H]2C(C(=O)Nc3cccnc3)=C(C)Nc3nc(SCc4ccccc4Cl)nn32)cc1OC. The number of nitrogens with one attached hydrogen (secondary N) is 2. The number of amides is 1. The number of aromatic nitrogens is 4. The number of anilines is 2. The molecule has 0 fully saturated rings. The van der Waals surface area contributed by atoms with Gasteiger partial charge >= 0.3 is 0 Å². The van der Waals surface area contributed by atoms with Gasteiger partial charge in [0.05, 0.1) is 31.7 Å². The number of rotatable bonds is 8. The first-order valence-corrected chi connectivity index (χ1v) is 13.1. The molecule has 194 valence electrons. The van der Waals surface area contributed by atoms with E-state index in [-0.39, 0.29) is 5.91 Å². The zero-order chi connectivity index (χ0) is 26.6. The number of hydrogen-bond donors (Lipinski definition) is 2. The number of carbonyl (C=O) groups excluding carboxylic acids is 1. The molecule has 0 spiro atoms. The number of thioether (sulfide) groups is 1. The van der Waals surface area contributed by atoms with Crippen LogP contribution in [0.4, 0.5) is 11.6 Å². The minimum Gasteiger partial charge on any atom is -0.493 e. The first-order chi connectivity index (χ1) is 18.5. The van der Waals surface area contributed by atoms with Gasteiger partial charge in [0, 0.05) is 22.7 Å². The van der Waals surface area contributed by atoms with E-state index in [0.717, 1.165) is 11.1 Å². The van der Waals surface area contributed by atoms with Crippen LogP contribution in [0.25, 0.3) is 0 Å². The predicted molar refractivity (Wildman–Crippen MR) is 148 cm³/mol. The molecule has 1 aliphatic rings. The Balaban J connectivity index is 1.54. The van der Waals surface area contributed by atoms with E-state index in [1.165, 1.54) is 11.8 Å². The van der Waals surface area contributed by atoms with Crippen molar-refractivity contribution >= 4 is 40.9 Å². The molecule has 5 rings (SSSR count). The van der Waals surface area contributed by atoms with Crippen LogP contribution >= 0.6 is 23.4 Å². The fourth-order valence-corrected chi connectivity index (χ4v) is 5.33. The third kappa shape index (κ3) is 5.18. The second-order valence-corrected chi connectivity index (χ2v) is 9.77. The number of halogens is 1. The Bertz CT molecular complexity index is 1510. The third-order valence-corrected chi connectivity index (χ3v) is 7.29. The smallest absolute Gasteiger partial charge is 0.255 e. The summed E-state index contributed by atoms with van der Waals surface area (Å²) in [6.45, 7) is 1.85. The Kier molecular flexibility index (Phi) is 7.52. The first kappa shape index (κ1) is 25.6. The summed E-state index contributed by atoms with van der Waals surface area (Å²) in [4.78, 5) is 22.4. The maximum atomic E-state index is 13.6. The average Bonchev–Trinajstić information content (AvgIpc) is 3.34. The molecule has 0 unspecified atom stereocenters. The van der Waals surface area contributed by atoms with Crippen LogP contribution in [0.2, 0.25) is 5.02 Å². The number of allylic oxidation sites excluding steroid dienone is 1. The van der Waals surface area contributed by atoms with Crippen LogP contribution in [0.5, 0.6) is 11.5 Å². The maximum absolute atomic E-state index is 13.6. The zero-order valence-corrected chi connectivity index (χ0v) is 22.5. The van der Waals surface area contributed by atoms with Gasteiger partial charge < -0.3 is 20.1 Å². The van der Waals surface area contributed by atoms with Crippen molar-refractivity contribution in [3.63, 3.8) is 0 Å². The molecular weight excluding hydrogens is 524 g/mol. The normalized spacial score (nSPS) is 14.5. The molecule has 3 heterocycles. The van der Waals surface area contributed by atoms with E-state index in [0.29, 0.717) is 50.3 Å². The van der Waals surface area contributed by atoms with Gasteiger partial charge in [-0.15, -0.1) is 5.10 Å². The molecule has 2 aromatic heterocycles. The third-order valence-electron chi connectivity index (χ3n) is 6.04. The van der Waals surface area contributed by atoms with Gasteiger partial charge in [-0.1, -0.05) is 47.6 Å². The van der Waals surface area contributed by atoms with Gasteiger partial charge in [-0.3, -0.25) is 9.78 Å². The van der Waals surface area contributed by atoms with Crippen molar-refractivity contribution < 1.29 is 14.3 Å². The maximum Gasteiger partial charge on any atom is 0.255 e. The summed E-state index contributed by atoms with van der Waals surface area (Å²) in [5.41, 5.74) is 3.51. The summed E-state index contributed by atoms with van der Waals surface area (Å²) in [6, 6.07) is 16.2. The molecule has 2 aromatic carbocycles. The van der Waals surface area contributed by atoms with Gasteiger partial charge in [0.1, 0.15) is 6.04 Å². The van der Waals surface area contributed by atoms with Crippen molar-refractivity contribution in [2.45, 2.75) is 23.9 Å². The summed E-state index contributed by atoms with van der Waals surface area (Å²) in [7, 11) is 3.16. The van der Waals surface area contributed by atoms with E-state index < -0.39 is 6.04 Å². The molecule has 0 saturated heterocycles. The molecule has 0 aliphatic carbocycles. The number of carbonyl (C=O) groups is 1. The van der Waals surface area contributed by atoms with E-state index >= 15 is 0 Å². The number of fused-ring (bicyclic) bond motifs is 1. The van der Waals surface area contributed by atoms with E-state index in [1.807, 2.05) is 49.4 Å². The van der Waals surface area contributed by atoms with Crippen molar-refractivity contribution in [2.75, 3.05) is 24.9 Å². The molecule has 11 heteroatoms. The lowest BCUT2D eigenvalue weighted by Crippen LogP contribution is -2.31. The van der Waals surface area contributed by atoms with Gasteiger partial charge in [0.25, 0.3) is 5.91 Å². The van der Waals surface area contributed by atoms with Crippen LogP contribution in [0, 0.1) is 0 Å². The van der Waals surface area contributed by atoms with Crippen molar-refractivity contribution in [3.05, 3.63) is 94.4 Å². The summed E-state index contributed by atoms with van der Waals surface area (Å²) in [5, 5.41) is 12.2. The first-order valence-electron chi connectivity index (χ1n) is 11.7. The molecule has 4 aromatic rings. The minimum absolute atomic E-state index is 0.283. The number of ether oxygens (including phenoxy) is 2. The van der Waals surface area contributed by atoms with E-state index in [1.54, 1.807) is 43.4 Å². The van der Waals surface area contributed by atoms with Crippen LogP contribution in [-0.2, 0) is 10.5 Å². The van der Waals surface area contributed by atoms with Crippen LogP contribution < -0.4 is 20.1 Å². The summed E-state index contributed by atoms with van der Waals surface area (Å²) >= 11 is 7.80. The Morgan fingerprint density at radius 2 is 1.95 bits per heavy atom. The lowest BCUT2D eigenvalue weighted by atomic mass is 9.94. The fourth-order valence-electron chi connectivity index (χ4n) is 4.21. The quantitative estimate of drug-likeness (QED) is 0.276. The highest BCUT2D eigenvalue weighted by atomic mass is 35.5. The highest BCUT2D eigenvalue weighted by molar-refractivity contribution is 7.98. The number of pyridine rings is 1. The molecule has 9 nitrogen and oxygen atoms in total. The van der Waals surface area contributed by atoms with Crippen molar-refractivity contribution in [1.82, 2.24) is 19.7 Å². The topological polar surface area (TPSA) is 103 Å². The zero-order valence-electron chi connectivity index (χ0n) is 20.9. The number of nitrogens with zero attached hydrogens (tertiary/aromatic N) is 4. The molecule has 1 amide bonds. The summed E-state index contributed by atoms with van der Waals surface area (Å²) in [6.07, 6.45) is 3.25. The van der Waals surface area contributed by atoms with Crippen molar-refractivity contribution in [2.24, 2.45) is 0 Å². The largest absolute Gasteiger partial charge is 0.493 e. The van der Waals surface area contributed by atoms with E-state index in [4.69, 9.17) is 31.2 Å². The lowest BCUT2D eigenvalue weighted by molar-refractivity contribution is -0.113. The van der Waals surface area contributed by atoms with Gasteiger partial charge in [0.2, 0.25) is 11.1 Å². The molecule has 0 radical (unpaired) electrons. The Labute approximate surface area is 229 Å². The molecular formula is C27H25ClN6O3S. The number of benzene rings is 2. The van der Waals surface area contributed by atoms with Crippen molar-refractivity contribution in [3.8, 4) is 11.5 Å². The predicted octanol–water partition coefficient (Wildman–Crippen LogP) is 5.56. The van der Waals surface area contributed by atoms with Crippen LogP contribution in [0.1, 0.15) is 24.1 Å². The monoisotopic (exact) mass is 548 g/mol. The highest BCUT2D eigenvalue weighted by Crippen LogP contribution is 2.40. The van der Waals surface area contributed by atoms with Gasteiger partial charge in [-0.2, -0.15) is 4.98 Å². The average molecular weight is 549 g/mol. The minimum atomic E-state index is -0.579. The molecule has 1 aliphatic heterocycles. The molecule has 0 saturated carbocycles. The molecule has 1 atom stereocenters. The summed E-state index contributed by atoms with van der Waals surface area (Å²) < 4.78 is 12.7. The molecule has 0 bridgehead atoms.